The minimum absolute atomic E-state index is 0. The Morgan fingerprint density at radius 3 is 2.82 bits per heavy atom. The van der Waals surface area contributed by atoms with E-state index >= 15 is 0 Å². The largest absolute Gasteiger partial charge is 0.354 e. The monoisotopic (exact) mass is 501 g/mol. The van der Waals surface area contributed by atoms with Gasteiger partial charge in [-0.3, -0.25) is 9.67 Å². The van der Waals surface area contributed by atoms with Gasteiger partial charge in [-0.1, -0.05) is 6.92 Å². The molecule has 0 amide bonds. The molecule has 1 aliphatic heterocycles. The standard InChI is InChI=1S/C18H31N9.HI/c1-6-16-23-17-8-7-14(12-27(17)24-16)22-18(19-2)20-10-15(25(3)4)13-9-21-26(5)11-13;/h9,11,14-15H,6-8,10,12H2,1-5H3,(H2,19,20,22);1H. The Labute approximate surface area is 184 Å². The summed E-state index contributed by atoms with van der Waals surface area (Å²) in [7, 11) is 7.90. The molecule has 2 N–H and O–H groups in total. The molecule has 156 valence electrons. The van der Waals surface area contributed by atoms with E-state index in [4.69, 9.17) is 0 Å². The van der Waals surface area contributed by atoms with Gasteiger partial charge in [0.2, 0.25) is 0 Å². The van der Waals surface area contributed by atoms with Gasteiger partial charge in [0.1, 0.15) is 5.82 Å². The van der Waals surface area contributed by atoms with Gasteiger partial charge < -0.3 is 15.5 Å². The maximum absolute atomic E-state index is 4.58. The number of nitrogens with one attached hydrogen (secondary N) is 2. The van der Waals surface area contributed by atoms with E-state index in [0.29, 0.717) is 6.04 Å². The quantitative estimate of drug-likeness (QED) is 0.349. The smallest absolute Gasteiger partial charge is 0.191 e. The van der Waals surface area contributed by atoms with Crippen LogP contribution in [0.4, 0.5) is 0 Å². The third-order valence-corrected chi connectivity index (χ3v) is 4.98. The van der Waals surface area contributed by atoms with Gasteiger partial charge in [0.25, 0.3) is 0 Å². The Morgan fingerprint density at radius 2 is 2.21 bits per heavy atom. The summed E-state index contributed by atoms with van der Waals surface area (Å²) in [6, 6.07) is 0.518. The first kappa shape index (κ1) is 22.6. The number of nitrogens with zero attached hydrogens (tertiary/aromatic N) is 7. The molecule has 10 heteroatoms. The minimum atomic E-state index is 0. The maximum Gasteiger partial charge on any atom is 0.191 e. The summed E-state index contributed by atoms with van der Waals surface area (Å²) < 4.78 is 3.87. The average molecular weight is 501 g/mol. The molecule has 0 aliphatic carbocycles. The normalized spacial score (nSPS) is 17.8. The highest BCUT2D eigenvalue weighted by molar-refractivity contribution is 14.0. The molecular formula is C18H32IN9. The van der Waals surface area contributed by atoms with E-state index in [9.17, 15) is 0 Å². The molecule has 1 aliphatic rings. The second-order valence-corrected chi connectivity index (χ2v) is 7.24. The van der Waals surface area contributed by atoms with Crippen molar-refractivity contribution in [3.8, 4) is 0 Å². The number of hydrogen-bond acceptors (Lipinski definition) is 5. The van der Waals surface area contributed by atoms with Crippen LogP contribution < -0.4 is 10.6 Å². The van der Waals surface area contributed by atoms with Crippen molar-refractivity contribution in [1.82, 2.24) is 40.1 Å². The molecule has 0 aromatic carbocycles. The summed E-state index contributed by atoms with van der Waals surface area (Å²) in [6.45, 7) is 3.66. The third-order valence-electron chi connectivity index (χ3n) is 4.98. The molecule has 3 rings (SSSR count). The van der Waals surface area contributed by atoms with Gasteiger partial charge in [0, 0.05) is 51.3 Å². The van der Waals surface area contributed by atoms with E-state index in [1.165, 1.54) is 5.56 Å². The van der Waals surface area contributed by atoms with E-state index < -0.39 is 0 Å². The zero-order valence-corrected chi connectivity index (χ0v) is 19.7. The van der Waals surface area contributed by atoms with E-state index in [1.54, 1.807) is 0 Å². The molecule has 0 saturated heterocycles. The van der Waals surface area contributed by atoms with Crippen molar-refractivity contribution in [2.75, 3.05) is 27.7 Å². The number of fused-ring (bicyclic) bond motifs is 1. The fraction of sp³-hybridized carbons (Fsp3) is 0.667. The van der Waals surface area contributed by atoms with Gasteiger partial charge in [0.15, 0.2) is 11.8 Å². The van der Waals surface area contributed by atoms with Crippen LogP contribution >= 0.6 is 24.0 Å². The highest BCUT2D eigenvalue weighted by Crippen LogP contribution is 2.16. The molecular weight excluding hydrogens is 469 g/mol. The number of likely N-dealkylation sites (N-methyl/N-ethyl adjacent to an activating group) is 1. The lowest BCUT2D eigenvalue weighted by Crippen LogP contribution is -2.48. The molecule has 9 nitrogen and oxygen atoms in total. The van der Waals surface area contributed by atoms with Gasteiger partial charge in [-0.25, -0.2) is 9.67 Å². The minimum Gasteiger partial charge on any atom is -0.354 e. The molecule has 2 atom stereocenters. The summed E-state index contributed by atoms with van der Waals surface area (Å²) in [5.74, 6) is 2.84. The summed E-state index contributed by atoms with van der Waals surface area (Å²) in [4.78, 5) is 11.2. The van der Waals surface area contributed by atoms with Crippen molar-refractivity contribution in [3.05, 3.63) is 29.6 Å². The Hall–Kier alpha value is -1.69. The maximum atomic E-state index is 4.58. The molecule has 0 spiro atoms. The molecule has 0 saturated carbocycles. The molecule has 28 heavy (non-hydrogen) atoms. The van der Waals surface area contributed by atoms with Crippen molar-refractivity contribution >= 4 is 29.9 Å². The van der Waals surface area contributed by atoms with Crippen LogP contribution in [-0.4, -0.2) is 69.1 Å². The topological polar surface area (TPSA) is 88.2 Å². The molecule has 0 radical (unpaired) electrons. The molecule has 2 aromatic heterocycles. The number of guanidine groups is 1. The first-order valence-corrected chi connectivity index (χ1v) is 9.54. The van der Waals surface area contributed by atoms with Crippen LogP contribution in [0.1, 0.15) is 36.6 Å². The summed E-state index contributed by atoms with van der Waals surface area (Å²) in [6.07, 6.45) is 6.82. The number of aromatic nitrogens is 5. The van der Waals surface area contributed by atoms with Crippen LogP contribution in [0.5, 0.6) is 0 Å². The second-order valence-electron chi connectivity index (χ2n) is 7.24. The lowest BCUT2D eigenvalue weighted by atomic mass is 10.1. The first-order chi connectivity index (χ1) is 13.0. The van der Waals surface area contributed by atoms with Crippen molar-refractivity contribution in [1.29, 1.82) is 0 Å². The van der Waals surface area contributed by atoms with Gasteiger partial charge in [-0.2, -0.15) is 10.2 Å². The number of rotatable bonds is 6. The predicted octanol–water partition coefficient (Wildman–Crippen LogP) is 0.975. The lowest BCUT2D eigenvalue weighted by molar-refractivity contribution is 0.297. The van der Waals surface area contributed by atoms with Gasteiger partial charge in [-0.05, 0) is 20.5 Å². The van der Waals surface area contributed by atoms with E-state index in [0.717, 1.165) is 50.0 Å². The summed E-state index contributed by atoms with van der Waals surface area (Å²) in [5.41, 5.74) is 1.18. The van der Waals surface area contributed by atoms with Crippen LogP contribution in [0.25, 0.3) is 0 Å². The molecule has 2 aromatic rings. The van der Waals surface area contributed by atoms with E-state index in [2.05, 4.69) is 62.9 Å². The summed E-state index contributed by atoms with van der Waals surface area (Å²) >= 11 is 0. The first-order valence-electron chi connectivity index (χ1n) is 9.54. The molecule has 3 heterocycles. The zero-order chi connectivity index (χ0) is 19.4. The van der Waals surface area contributed by atoms with E-state index in [1.807, 2.05) is 29.7 Å². The Bertz CT molecular complexity index is 780. The van der Waals surface area contributed by atoms with Crippen molar-refractivity contribution in [2.24, 2.45) is 12.0 Å². The fourth-order valence-corrected chi connectivity index (χ4v) is 3.42. The Balaban J connectivity index is 0.00000280. The van der Waals surface area contributed by atoms with Crippen LogP contribution in [0.3, 0.4) is 0 Å². The number of halogens is 1. The Morgan fingerprint density at radius 1 is 1.43 bits per heavy atom. The average Bonchev–Trinajstić information content (AvgIpc) is 3.26. The van der Waals surface area contributed by atoms with Gasteiger partial charge in [0.05, 0.1) is 18.8 Å². The third kappa shape index (κ3) is 5.43. The highest BCUT2D eigenvalue weighted by Gasteiger charge is 2.23. The van der Waals surface area contributed by atoms with Gasteiger partial charge in [-0.15, -0.1) is 24.0 Å². The van der Waals surface area contributed by atoms with Crippen molar-refractivity contribution in [3.63, 3.8) is 0 Å². The lowest BCUT2D eigenvalue weighted by Gasteiger charge is -2.28. The number of hydrogen-bond donors (Lipinski definition) is 2. The fourth-order valence-electron chi connectivity index (χ4n) is 3.42. The second kappa shape index (κ2) is 10.2. The SMILES string of the molecule is CCc1nc2n(n1)CC(NC(=NC)NCC(c1cnn(C)c1)N(C)C)CC2.I. The van der Waals surface area contributed by atoms with Crippen LogP contribution in [0.15, 0.2) is 17.4 Å². The number of aryl methyl sites for hydroxylation is 3. The Kier molecular flexibility index (Phi) is 8.23. The van der Waals surface area contributed by atoms with E-state index in [-0.39, 0.29) is 30.0 Å². The highest BCUT2D eigenvalue weighted by atomic mass is 127. The predicted molar refractivity (Wildman–Crippen MR) is 121 cm³/mol. The van der Waals surface area contributed by atoms with Crippen molar-refractivity contribution in [2.45, 2.75) is 44.8 Å². The van der Waals surface area contributed by atoms with Crippen LogP contribution in [0, 0.1) is 0 Å². The molecule has 2 unspecified atom stereocenters. The summed E-state index contributed by atoms with van der Waals surface area (Å²) in [5, 5.41) is 15.9. The van der Waals surface area contributed by atoms with Crippen molar-refractivity contribution < 1.29 is 0 Å². The van der Waals surface area contributed by atoms with Crippen LogP contribution in [0.2, 0.25) is 0 Å². The zero-order valence-electron chi connectivity index (χ0n) is 17.4. The van der Waals surface area contributed by atoms with Gasteiger partial charge >= 0.3 is 0 Å². The van der Waals surface area contributed by atoms with Crippen LogP contribution in [-0.2, 0) is 26.4 Å². The molecule has 0 bridgehead atoms. The molecule has 0 fully saturated rings. The number of aliphatic imine (C=N–C) groups is 1.